The predicted octanol–water partition coefficient (Wildman–Crippen LogP) is 5.52. The second-order valence-electron chi connectivity index (χ2n) is 11.3. The van der Waals surface area contributed by atoms with Gasteiger partial charge in [-0.3, -0.25) is 9.80 Å². The summed E-state index contributed by atoms with van der Waals surface area (Å²) >= 11 is 0. The van der Waals surface area contributed by atoms with Crippen molar-refractivity contribution < 1.29 is 28.5 Å². The van der Waals surface area contributed by atoms with Crippen LogP contribution in [0.5, 0.6) is 0 Å². The van der Waals surface area contributed by atoms with E-state index in [-0.39, 0.29) is 23.8 Å². The van der Waals surface area contributed by atoms with Crippen LogP contribution in [0.15, 0.2) is 109 Å². The van der Waals surface area contributed by atoms with Gasteiger partial charge in [-0.25, -0.2) is 8.78 Å². The maximum absolute atomic E-state index is 13.3. The van der Waals surface area contributed by atoms with Crippen LogP contribution in [-0.4, -0.2) is 71.6 Å². The van der Waals surface area contributed by atoms with Crippen LogP contribution in [0.25, 0.3) is 0 Å². The van der Waals surface area contributed by atoms with Crippen LogP contribution in [-0.2, 0) is 22.6 Å². The molecule has 0 unspecified atom stereocenters. The van der Waals surface area contributed by atoms with Crippen molar-refractivity contribution in [1.82, 2.24) is 9.80 Å². The highest BCUT2D eigenvalue weighted by atomic mass is 19.1. The summed E-state index contributed by atoms with van der Waals surface area (Å²) in [7, 11) is 0. The first kappa shape index (κ1) is 31.9. The lowest BCUT2D eigenvalue weighted by Gasteiger charge is -2.35. The summed E-state index contributed by atoms with van der Waals surface area (Å²) in [5.41, 5.74) is 3.60. The minimum Gasteiger partial charge on any atom is -0.386 e. The Morgan fingerprint density at radius 3 is 1.39 bits per heavy atom. The van der Waals surface area contributed by atoms with Gasteiger partial charge < -0.3 is 19.7 Å². The Morgan fingerprint density at radius 1 is 0.591 bits per heavy atom. The molecule has 8 heteroatoms. The molecule has 2 aliphatic rings. The zero-order chi connectivity index (χ0) is 30.7. The molecule has 0 aliphatic carbocycles. The average Bonchev–Trinajstić information content (AvgIpc) is 3.05. The molecule has 6 rings (SSSR count). The van der Waals surface area contributed by atoms with Crippen LogP contribution in [0.4, 0.5) is 8.78 Å². The third kappa shape index (κ3) is 9.25. The Morgan fingerprint density at radius 2 is 1.00 bits per heavy atom. The highest BCUT2D eigenvalue weighted by molar-refractivity contribution is 5.21. The van der Waals surface area contributed by atoms with E-state index < -0.39 is 12.2 Å². The van der Waals surface area contributed by atoms with E-state index in [0.717, 1.165) is 26.2 Å². The van der Waals surface area contributed by atoms with Crippen molar-refractivity contribution in [2.75, 3.05) is 39.4 Å². The minimum absolute atomic E-state index is 0.334. The van der Waals surface area contributed by atoms with Crippen LogP contribution in [0.1, 0.15) is 34.5 Å². The quantitative estimate of drug-likeness (QED) is 0.277. The van der Waals surface area contributed by atoms with Gasteiger partial charge in [0.2, 0.25) is 0 Å². The fourth-order valence-electron chi connectivity index (χ4n) is 5.63. The molecule has 4 atom stereocenters. The summed E-state index contributed by atoms with van der Waals surface area (Å²) in [6.45, 7) is 5.74. The lowest BCUT2D eigenvalue weighted by Crippen LogP contribution is -2.44. The van der Waals surface area contributed by atoms with Gasteiger partial charge in [0.15, 0.2) is 0 Å². The molecule has 4 aromatic carbocycles. The standard InChI is InChI=1S/2C18H20FNO2/c2*19-16-8-4-7-15(11-16)18(21)17-13-20(9-10-22-17)12-14-5-2-1-3-6-14/h2*1-8,11,17-18,21H,9-10,12-13H2/t2*17-,18-/m10/s1. The number of halogens is 2. The van der Waals surface area contributed by atoms with Crippen molar-refractivity contribution in [3.8, 4) is 0 Å². The van der Waals surface area contributed by atoms with E-state index in [4.69, 9.17) is 9.47 Å². The van der Waals surface area contributed by atoms with Gasteiger partial charge in [-0.15, -0.1) is 0 Å². The van der Waals surface area contributed by atoms with Crippen LogP contribution >= 0.6 is 0 Å². The van der Waals surface area contributed by atoms with Gasteiger partial charge in [-0.1, -0.05) is 84.9 Å². The zero-order valence-corrected chi connectivity index (χ0v) is 24.7. The van der Waals surface area contributed by atoms with Crippen LogP contribution in [0, 0.1) is 11.6 Å². The Labute approximate surface area is 258 Å². The monoisotopic (exact) mass is 602 g/mol. The molecule has 44 heavy (non-hydrogen) atoms. The molecule has 2 heterocycles. The van der Waals surface area contributed by atoms with E-state index in [1.165, 1.54) is 35.4 Å². The highest BCUT2D eigenvalue weighted by Crippen LogP contribution is 2.25. The Balaban J connectivity index is 0.000000175. The Bertz CT molecular complexity index is 1320. The zero-order valence-electron chi connectivity index (χ0n) is 24.7. The molecule has 0 aromatic heterocycles. The maximum Gasteiger partial charge on any atom is 0.123 e. The first-order chi connectivity index (χ1) is 21.4. The molecule has 2 aliphatic heterocycles. The van der Waals surface area contributed by atoms with E-state index in [9.17, 15) is 19.0 Å². The van der Waals surface area contributed by atoms with Gasteiger partial charge in [-0.05, 0) is 46.5 Å². The second-order valence-corrected chi connectivity index (χ2v) is 11.3. The third-order valence-corrected chi connectivity index (χ3v) is 7.94. The summed E-state index contributed by atoms with van der Waals surface area (Å²) in [6.07, 6.45) is -2.29. The van der Waals surface area contributed by atoms with E-state index in [0.29, 0.717) is 37.4 Å². The van der Waals surface area contributed by atoms with E-state index >= 15 is 0 Å². The second kappa shape index (κ2) is 16.0. The van der Waals surface area contributed by atoms with E-state index in [2.05, 4.69) is 34.1 Å². The number of aliphatic hydroxyl groups is 2. The van der Waals surface area contributed by atoms with Crippen molar-refractivity contribution in [2.45, 2.75) is 37.5 Å². The number of morpholine rings is 2. The van der Waals surface area contributed by atoms with Crippen molar-refractivity contribution >= 4 is 0 Å². The summed E-state index contributed by atoms with van der Waals surface area (Å²) in [4.78, 5) is 4.51. The third-order valence-electron chi connectivity index (χ3n) is 7.94. The van der Waals surface area contributed by atoms with E-state index in [1.54, 1.807) is 24.3 Å². The van der Waals surface area contributed by atoms with Crippen LogP contribution in [0.3, 0.4) is 0 Å². The SMILES string of the molecule is O[C@@H](c1cccc(F)c1)[C@@H]1CN(Cc2ccccc2)CCO1.O[C@H](c1cccc(F)c1)[C@H]1CN(Cc2ccccc2)CCO1. The molecular weight excluding hydrogens is 562 g/mol. The number of benzene rings is 4. The molecule has 6 nitrogen and oxygen atoms in total. The Hall–Kier alpha value is -3.50. The maximum atomic E-state index is 13.3. The molecule has 0 spiro atoms. The largest absolute Gasteiger partial charge is 0.386 e. The number of nitrogens with zero attached hydrogens (tertiary/aromatic N) is 2. The summed E-state index contributed by atoms with van der Waals surface area (Å²) in [6, 6.07) is 32.6. The fraction of sp³-hybridized carbons (Fsp3) is 0.333. The van der Waals surface area contributed by atoms with Gasteiger partial charge in [0.1, 0.15) is 36.1 Å². The first-order valence-corrected chi connectivity index (χ1v) is 15.1. The molecular formula is C36H40F2N2O4. The fourth-order valence-corrected chi connectivity index (χ4v) is 5.63. The smallest absolute Gasteiger partial charge is 0.123 e. The normalized spacial score (nSPS) is 20.7. The van der Waals surface area contributed by atoms with Gasteiger partial charge >= 0.3 is 0 Å². The molecule has 4 aromatic rings. The number of ether oxygens (including phenoxy) is 2. The van der Waals surface area contributed by atoms with Crippen molar-refractivity contribution in [1.29, 1.82) is 0 Å². The lowest BCUT2D eigenvalue weighted by atomic mass is 10.0. The lowest BCUT2D eigenvalue weighted by molar-refractivity contribution is -0.0919. The average molecular weight is 603 g/mol. The van der Waals surface area contributed by atoms with Crippen LogP contribution < -0.4 is 0 Å². The van der Waals surface area contributed by atoms with Crippen LogP contribution in [0.2, 0.25) is 0 Å². The molecule has 0 bridgehead atoms. The molecule has 2 N–H and O–H groups in total. The molecule has 232 valence electrons. The molecule has 0 radical (unpaired) electrons. The molecule has 0 amide bonds. The number of hydrogen-bond donors (Lipinski definition) is 2. The summed E-state index contributed by atoms with van der Waals surface area (Å²) in [5.74, 6) is -0.679. The predicted molar refractivity (Wildman–Crippen MR) is 166 cm³/mol. The number of rotatable bonds is 8. The van der Waals surface area contributed by atoms with Gasteiger partial charge in [0, 0.05) is 39.3 Å². The molecule has 2 saturated heterocycles. The number of hydrogen-bond acceptors (Lipinski definition) is 6. The van der Waals surface area contributed by atoms with Crippen molar-refractivity contribution in [3.05, 3.63) is 143 Å². The molecule has 2 fully saturated rings. The Kier molecular flexibility index (Phi) is 11.6. The van der Waals surface area contributed by atoms with Gasteiger partial charge in [0.25, 0.3) is 0 Å². The summed E-state index contributed by atoms with van der Waals surface area (Å²) < 4.78 is 38.0. The minimum atomic E-state index is -0.811. The first-order valence-electron chi connectivity index (χ1n) is 15.1. The molecule has 0 saturated carbocycles. The van der Waals surface area contributed by atoms with Gasteiger partial charge in [-0.2, -0.15) is 0 Å². The van der Waals surface area contributed by atoms with E-state index in [1.807, 2.05) is 36.4 Å². The summed E-state index contributed by atoms with van der Waals surface area (Å²) in [5, 5.41) is 20.9. The highest BCUT2D eigenvalue weighted by Gasteiger charge is 2.29. The number of aliphatic hydroxyl groups excluding tert-OH is 2. The van der Waals surface area contributed by atoms with Gasteiger partial charge in [0.05, 0.1) is 13.2 Å². The van der Waals surface area contributed by atoms with Crippen molar-refractivity contribution in [3.63, 3.8) is 0 Å². The van der Waals surface area contributed by atoms with Crippen molar-refractivity contribution in [2.24, 2.45) is 0 Å². The topological polar surface area (TPSA) is 65.4 Å².